The number of carboxylic acids is 1. The number of aromatic hydroxyl groups is 3. The number of carboxylic acid groups (broad SMARTS) is 1. The van der Waals surface area contributed by atoms with Crippen LogP contribution in [0.2, 0.25) is 0 Å². The zero-order valence-electron chi connectivity index (χ0n) is 10.3. The zero-order chi connectivity index (χ0) is 14.7. The summed E-state index contributed by atoms with van der Waals surface area (Å²) in [5, 5.41) is 36.8. The summed E-state index contributed by atoms with van der Waals surface area (Å²) in [5.41, 5.74) is 1.05. The van der Waals surface area contributed by atoms with Crippen LogP contribution in [0.25, 0.3) is 12.2 Å². The molecule has 0 aromatic heterocycles. The first-order chi connectivity index (χ1) is 9.47. The van der Waals surface area contributed by atoms with Gasteiger partial charge in [0.15, 0.2) is 11.5 Å². The van der Waals surface area contributed by atoms with Crippen molar-refractivity contribution in [2.45, 2.75) is 0 Å². The molecule has 0 saturated heterocycles. The van der Waals surface area contributed by atoms with Crippen LogP contribution >= 0.6 is 0 Å². The van der Waals surface area contributed by atoms with Crippen molar-refractivity contribution in [1.29, 1.82) is 0 Å². The second-order valence-corrected chi connectivity index (χ2v) is 4.16. The van der Waals surface area contributed by atoms with Gasteiger partial charge in [0.1, 0.15) is 11.3 Å². The lowest BCUT2D eigenvalue weighted by Crippen LogP contribution is -1.96. The summed E-state index contributed by atoms with van der Waals surface area (Å²) in [4.78, 5) is 10.9. The standard InChI is InChI=1S/C15H12O5/c16-12-5-3-9(7-11(12)15(19)20)1-2-10-4-6-13(17)14(18)8-10/h1-8,16-18H,(H,19,20)/b2-1+. The molecule has 0 atom stereocenters. The first kappa shape index (κ1) is 13.5. The van der Waals surface area contributed by atoms with Gasteiger partial charge in [-0.3, -0.25) is 0 Å². The molecule has 5 heteroatoms. The molecule has 0 aliphatic carbocycles. The summed E-state index contributed by atoms with van der Waals surface area (Å²) in [6.07, 6.45) is 3.29. The zero-order valence-corrected chi connectivity index (χ0v) is 10.3. The average Bonchev–Trinajstić information content (AvgIpc) is 2.41. The maximum Gasteiger partial charge on any atom is 0.339 e. The van der Waals surface area contributed by atoms with Crippen molar-refractivity contribution in [1.82, 2.24) is 0 Å². The number of aromatic carboxylic acids is 1. The van der Waals surface area contributed by atoms with Crippen molar-refractivity contribution in [2.24, 2.45) is 0 Å². The van der Waals surface area contributed by atoms with E-state index in [2.05, 4.69) is 0 Å². The summed E-state index contributed by atoms with van der Waals surface area (Å²) >= 11 is 0. The number of rotatable bonds is 3. The Labute approximate surface area is 114 Å². The molecule has 0 unspecified atom stereocenters. The van der Waals surface area contributed by atoms with E-state index in [4.69, 9.17) is 5.11 Å². The molecule has 102 valence electrons. The van der Waals surface area contributed by atoms with E-state index >= 15 is 0 Å². The molecule has 0 radical (unpaired) electrons. The van der Waals surface area contributed by atoms with Crippen LogP contribution in [-0.2, 0) is 0 Å². The van der Waals surface area contributed by atoms with Gasteiger partial charge in [0.25, 0.3) is 0 Å². The van der Waals surface area contributed by atoms with Gasteiger partial charge < -0.3 is 20.4 Å². The number of phenols is 3. The molecule has 0 amide bonds. The van der Waals surface area contributed by atoms with Crippen LogP contribution in [0.3, 0.4) is 0 Å². The van der Waals surface area contributed by atoms with Gasteiger partial charge >= 0.3 is 5.97 Å². The van der Waals surface area contributed by atoms with Crippen molar-refractivity contribution in [2.75, 3.05) is 0 Å². The van der Waals surface area contributed by atoms with Crippen molar-refractivity contribution in [3.8, 4) is 17.2 Å². The smallest absolute Gasteiger partial charge is 0.339 e. The quantitative estimate of drug-likeness (QED) is 0.508. The van der Waals surface area contributed by atoms with Gasteiger partial charge in [0, 0.05) is 0 Å². The maximum absolute atomic E-state index is 10.9. The monoisotopic (exact) mass is 272 g/mol. The number of phenolic OH excluding ortho intramolecular Hbond substituents is 2. The van der Waals surface area contributed by atoms with E-state index in [0.29, 0.717) is 11.1 Å². The van der Waals surface area contributed by atoms with Gasteiger partial charge in [-0.25, -0.2) is 4.79 Å². The fourth-order valence-corrected chi connectivity index (χ4v) is 1.67. The first-order valence-corrected chi connectivity index (χ1v) is 5.74. The van der Waals surface area contributed by atoms with Gasteiger partial charge in [-0.1, -0.05) is 24.3 Å². The Morgan fingerprint density at radius 3 is 1.90 bits per heavy atom. The molecule has 0 aliphatic rings. The normalized spacial score (nSPS) is 10.8. The Kier molecular flexibility index (Phi) is 3.61. The lowest BCUT2D eigenvalue weighted by atomic mass is 10.1. The molecule has 0 fully saturated rings. The fourth-order valence-electron chi connectivity index (χ4n) is 1.67. The minimum absolute atomic E-state index is 0.180. The molecule has 2 rings (SSSR count). The molecule has 5 nitrogen and oxygen atoms in total. The highest BCUT2D eigenvalue weighted by Gasteiger charge is 2.08. The summed E-state index contributed by atoms with van der Waals surface area (Å²) in [7, 11) is 0. The molecular weight excluding hydrogens is 260 g/mol. The van der Waals surface area contributed by atoms with Gasteiger partial charge in [-0.15, -0.1) is 0 Å². The van der Waals surface area contributed by atoms with Crippen molar-refractivity contribution >= 4 is 18.1 Å². The predicted octanol–water partition coefficient (Wildman–Crippen LogP) is 2.67. The Balaban J connectivity index is 2.29. The van der Waals surface area contributed by atoms with Crippen LogP contribution < -0.4 is 0 Å². The van der Waals surface area contributed by atoms with Crippen LogP contribution in [0.15, 0.2) is 36.4 Å². The van der Waals surface area contributed by atoms with E-state index in [-0.39, 0.29) is 22.8 Å². The second kappa shape index (κ2) is 5.36. The van der Waals surface area contributed by atoms with Crippen molar-refractivity contribution < 1.29 is 25.2 Å². The van der Waals surface area contributed by atoms with Crippen LogP contribution in [0.5, 0.6) is 17.2 Å². The van der Waals surface area contributed by atoms with E-state index in [1.54, 1.807) is 24.3 Å². The highest BCUT2D eigenvalue weighted by Crippen LogP contribution is 2.26. The fraction of sp³-hybridized carbons (Fsp3) is 0. The highest BCUT2D eigenvalue weighted by molar-refractivity contribution is 5.91. The van der Waals surface area contributed by atoms with Gasteiger partial charge in [-0.2, -0.15) is 0 Å². The maximum atomic E-state index is 10.9. The molecule has 0 bridgehead atoms. The SMILES string of the molecule is O=C(O)c1cc(/C=C/c2ccc(O)c(O)c2)ccc1O. The van der Waals surface area contributed by atoms with E-state index in [1.807, 2.05) is 0 Å². The number of hydrogen-bond donors (Lipinski definition) is 4. The van der Waals surface area contributed by atoms with Gasteiger partial charge in [-0.05, 0) is 35.4 Å². The van der Waals surface area contributed by atoms with Crippen LogP contribution in [0.4, 0.5) is 0 Å². The van der Waals surface area contributed by atoms with E-state index in [1.165, 1.54) is 24.3 Å². The summed E-state index contributed by atoms with van der Waals surface area (Å²) in [6.45, 7) is 0. The largest absolute Gasteiger partial charge is 0.507 e. The van der Waals surface area contributed by atoms with E-state index in [9.17, 15) is 20.1 Å². The van der Waals surface area contributed by atoms with Crippen molar-refractivity contribution in [3.05, 3.63) is 53.1 Å². The van der Waals surface area contributed by atoms with Crippen LogP contribution in [0.1, 0.15) is 21.5 Å². The Morgan fingerprint density at radius 1 is 0.800 bits per heavy atom. The minimum Gasteiger partial charge on any atom is -0.507 e. The number of hydrogen-bond acceptors (Lipinski definition) is 4. The number of carbonyl (C=O) groups is 1. The molecule has 0 heterocycles. The highest BCUT2D eigenvalue weighted by atomic mass is 16.4. The Morgan fingerprint density at radius 2 is 1.35 bits per heavy atom. The summed E-state index contributed by atoms with van der Waals surface area (Å²) < 4.78 is 0. The first-order valence-electron chi connectivity index (χ1n) is 5.74. The molecular formula is C15H12O5. The number of benzene rings is 2. The predicted molar refractivity (Wildman–Crippen MR) is 73.8 cm³/mol. The molecule has 4 N–H and O–H groups in total. The van der Waals surface area contributed by atoms with Crippen LogP contribution in [-0.4, -0.2) is 26.4 Å². The van der Waals surface area contributed by atoms with Gasteiger partial charge in [0.2, 0.25) is 0 Å². The molecule has 2 aromatic carbocycles. The minimum atomic E-state index is -1.21. The van der Waals surface area contributed by atoms with E-state index < -0.39 is 5.97 Å². The van der Waals surface area contributed by atoms with Crippen LogP contribution in [0, 0.1) is 0 Å². The molecule has 0 saturated carbocycles. The average molecular weight is 272 g/mol. The lowest BCUT2D eigenvalue weighted by molar-refractivity contribution is 0.0693. The summed E-state index contributed by atoms with van der Waals surface area (Å²) in [6, 6.07) is 8.55. The Bertz CT molecular complexity index is 689. The van der Waals surface area contributed by atoms with Crippen molar-refractivity contribution in [3.63, 3.8) is 0 Å². The molecule has 0 spiro atoms. The molecule has 20 heavy (non-hydrogen) atoms. The topological polar surface area (TPSA) is 98.0 Å². The molecule has 0 aliphatic heterocycles. The molecule has 2 aromatic rings. The third-order valence-corrected chi connectivity index (χ3v) is 2.72. The lowest BCUT2D eigenvalue weighted by Gasteiger charge is -2.01. The van der Waals surface area contributed by atoms with E-state index in [0.717, 1.165) is 0 Å². The summed E-state index contributed by atoms with van der Waals surface area (Å²) in [5.74, 6) is -1.94. The second-order valence-electron chi connectivity index (χ2n) is 4.16. The third kappa shape index (κ3) is 2.89. The Hall–Kier alpha value is -2.95. The third-order valence-electron chi connectivity index (χ3n) is 2.72. The van der Waals surface area contributed by atoms with Gasteiger partial charge in [0.05, 0.1) is 0 Å².